The number of benzene rings is 2. The van der Waals surface area contributed by atoms with E-state index < -0.39 is 17.2 Å². The third kappa shape index (κ3) is 4.02. The zero-order valence-electron chi connectivity index (χ0n) is 11.0. The van der Waals surface area contributed by atoms with E-state index in [1.165, 1.54) is 0 Å². The van der Waals surface area contributed by atoms with Gasteiger partial charge >= 0.3 is 0 Å². The van der Waals surface area contributed by atoms with E-state index in [2.05, 4.69) is 0 Å². The number of hydrogen-bond donors (Lipinski definition) is 1. The van der Waals surface area contributed by atoms with Crippen LogP contribution in [0.5, 0.6) is 0 Å². The third-order valence-corrected chi connectivity index (χ3v) is 3.33. The van der Waals surface area contributed by atoms with Gasteiger partial charge in [0.2, 0.25) is 0 Å². The first-order chi connectivity index (χ1) is 9.35. The van der Waals surface area contributed by atoms with E-state index in [1.54, 1.807) is 31.2 Å². The summed E-state index contributed by atoms with van der Waals surface area (Å²) >= 11 is 5.80. The molecule has 4 heteroatoms. The van der Waals surface area contributed by atoms with Crippen molar-refractivity contribution in [3.8, 4) is 0 Å². The van der Waals surface area contributed by atoms with Gasteiger partial charge in [-0.2, -0.15) is 0 Å². The second-order valence-corrected chi connectivity index (χ2v) is 5.65. The van der Waals surface area contributed by atoms with E-state index in [0.29, 0.717) is 11.4 Å². The highest BCUT2D eigenvalue weighted by atomic mass is 35.5. The van der Waals surface area contributed by atoms with Gasteiger partial charge in [0, 0.05) is 17.9 Å². The van der Waals surface area contributed by atoms with Crippen molar-refractivity contribution in [1.29, 1.82) is 0 Å². The van der Waals surface area contributed by atoms with Gasteiger partial charge < -0.3 is 5.11 Å². The first-order valence-electron chi connectivity index (χ1n) is 6.26. The standard InChI is InChI=1S/C16H15ClF2O/c1-16(20,9-11-2-4-13(17)5-3-11)10-12-8-14(18)6-7-15(12)19/h2-8,20H,9-10H2,1H3. The first-order valence-corrected chi connectivity index (χ1v) is 6.64. The van der Waals surface area contributed by atoms with Crippen LogP contribution in [0.1, 0.15) is 18.1 Å². The fraction of sp³-hybridized carbons (Fsp3) is 0.250. The molecule has 2 aromatic rings. The molecule has 0 aliphatic carbocycles. The lowest BCUT2D eigenvalue weighted by Gasteiger charge is -2.24. The summed E-state index contributed by atoms with van der Waals surface area (Å²) in [7, 11) is 0. The minimum atomic E-state index is -1.16. The van der Waals surface area contributed by atoms with Crippen molar-refractivity contribution in [1.82, 2.24) is 0 Å². The maximum atomic E-state index is 13.6. The predicted molar refractivity (Wildman–Crippen MR) is 75.8 cm³/mol. The maximum Gasteiger partial charge on any atom is 0.126 e. The molecule has 0 radical (unpaired) electrons. The summed E-state index contributed by atoms with van der Waals surface area (Å²) in [5.74, 6) is -1.02. The summed E-state index contributed by atoms with van der Waals surface area (Å²) in [5.41, 5.74) is -0.109. The lowest BCUT2D eigenvalue weighted by atomic mass is 9.89. The second-order valence-electron chi connectivity index (χ2n) is 5.21. The first kappa shape index (κ1) is 14.9. The molecule has 1 atom stereocenters. The molecule has 0 amide bonds. The molecule has 2 aromatic carbocycles. The van der Waals surface area contributed by atoms with Crippen LogP contribution >= 0.6 is 11.6 Å². The number of halogens is 3. The maximum absolute atomic E-state index is 13.6. The molecule has 0 saturated heterocycles. The van der Waals surface area contributed by atoms with Crippen LogP contribution in [0.2, 0.25) is 5.02 Å². The number of rotatable bonds is 4. The highest BCUT2D eigenvalue weighted by molar-refractivity contribution is 6.30. The van der Waals surface area contributed by atoms with Gasteiger partial charge in [-0.25, -0.2) is 8.78 Å². The molecule has 106 valence electrons. The Morgan fingerprint density at radius 2 is 1.70 bits per heavy atom. The molecule has 0 aromatic heterocycles. The van der Waals surface area contributed by atoms with Gasteiger partial charge in [-0.3, -0.25) is 0 Å². The Balaban J connectivity index is 2.14. The third-order valence-electron chi connectivity index (χ3n) is 3.08. The highest BCUT2D eigenvalue weighted by Crippen LogP contribution is 2.22. The molecule has 0 fully saturated rings. The average Bonchev–Trinajstić information content (AvgIpc) is 2.36. The van der Waals surface area contributed by atoms with Crippen LogP contribution in [0, 0.1) is 11.6 Å². The van der Waals surface area contributed by atoms with E-state index in [0.717, 1.165) is 23.8 Å². The highest BCUT2D eigenvalue weighted by Gasteiger charge is 2.23. The Hall–Kier alpha value is -1.45. The molecular formula is C16H15ClF2O. The van der Waals surface area contributed by atoms with Crippen LogP contribution < -0.4 is 0 Å². The second kappa shape index (κ2) is 5.90. The van der Waals surface area contributed by atoms with Crippen molar-refractivity contribution in [2.45, 2.75) is 25.4 Å². The molecule has 0 aliphatic rings. The predicted octanol–water partition coefficient (Wildman–Crippen LogP) is 4.15. The van der Waals surface area contributed by atoms with Gasteiger partial charge in [0.25, 0.3) is 0 Å². The van der Waals surface area contributed by atoms with Gasteiger partial charge in [-0.15, -0.1) is 0 Å². The Labute approximate surface area is 121 Å². The van der Waals surface area contributed by atoms with Gasteiger partial charge in [0.15, 0.2) is 0 Å². The van der Waals surface area contributed by atoms with Gasteiger partial charge in [-0.05, 0) is 48.4 Å². The van der Waals surface area contributed by atoms with E-state index >= 15 is 0 Å². The number of hydrogen-bond acceptors (Lipinski definition) is 1. The zero-order valence-corrected chi connectivity index (χ0v) is 11.8. The lowest BCUT2D eigenvalue weighted by molar-refractivity contribution is 0.0598. The largest absolute Gasteiger partial charge is 0.389 e. The average molecular weight is 297 g/mol. The minimum absolute atomic E-state index is 0.0409. The molecule has 0 bridgehead atoms. The number of aliphatic hydroxyl groups is 1. The van der Waals surface area contributed by atoms with E-state index in [4.69, 9.17) is 11.6 Å². The van der Waals surface area contributed by atoms with Gasteiger partial charge in [0.05, 0.1) is 5.60 Å². The van der Waals surface area contributed by atoms with Gasteiger partial charge in [0.1, 0.15) is 11.6 Å². The normalized spacial score (nSPS) is 14.1. The summed E-state index contributed by atoms with van der Waals surface area (Å²) in [6.07, 6.45) is 0.374. The summed E-state index contributed by atoms with van der Waals surface area (Å²) in [4.78, 5) is 0. The molecule has 0 spiro atoms. The van der Waals surface area contributed by atoms with E-state index in [1.807, 2.05) is 0 Å². The Morgan fingerprint density at radius 3 is 2.35 bits per heavy atom. The molecule has 2 rings (SSSR count). The summed E-state index contributed by atoms with van der Waals surface area (Å²) < 4.78 is 26.7. The fourth-order valence-electron chi connectivity index (χ4n) is 2.19. The Bertz CT molecular complexity index is 594. The molecule has 0 aliphatic heterocycles. The fourth-order valence-corrected chi connectivity index (χ4v) is 2.32. The topological polar surface area (TPSA) is 20.2 Å². The van der Waals surface area contributed by atoms with Crippen LogP contribution in [-0.2, 0) is 12.8 Å². The molecule has 1 nitrogen and oxygen atoms in total. The SMILES string of the molecule is CC(O)(Cc1ccc(Cl)cc1)Cc1cc(F)ccc1F. The monoisotopic (exact) mass is 296 g/mol. The van der Waals surface area contributed by atoms with Crippen LogP contribution in [0.3, 0.4) is 0 Å². The van der Waals surface area contributed by atoms with Crippen LogP contribution in [0.25, 0.3) is 0 Å². The smallest absolute Gasteiger partial charge is 0.126 e. The molecule has 0 heterocycles. The van der Waals surface area contributed by atoms with Crippen molar-refractivity contribution in [2.75, 3.05) is 0 Å². The van der Waals surface area contributed by atoms with E-state index in [9.17, 15) is 13.9 Å². The molecule has 1 unspecified atom stereocenters. The van der Waals surface area contributed by atoms with Crippen LogP contribution in [0.15, 0.2) is 42.5 Å². The van der Waals surface area contributed by atoms with Crippen LogP contribution in [0.4, 0.5) is 8.78 Å². The molecular weight excluding hydrogens is 282 g/mol. The quantitative estimate of drug-likeness (QED) is 0.898. The Kier molecular flexibility index (Phi) is 4.41. The zero-order chi connectivity index (χ0) is 14.8. The summed E-state index contributed by atoms with van der Waals surface area (Å²) in [6, 6.07) is 10.3. The summed E-state index contributed by atoms with van der Waals surface area (Å²) in [5, 5.41) is 11.0. The minimum Gasteiger partial charge on any atom is -0.389 e. The van der Waals surface area contributed by atoms with Crippen molar-refractivity contribution >= 4 is 11.6 Å². The van der Waals surface area contributed by atoms with Gasteiger partial charge in [-0.1, -0.05) is 23.7 Å². The van der Waals surface area contributed by atoms with Crippen molar-refractivity contribution in [3.05, 3.63) is 70.2 Å². The molecule has 0 saturated carbocycles. The summed E-state index contributed by atoms with van der Waals surface area (Å²) in [6.45, 7) is 1.60. The molecule has 1 N–H and O–H groups in total. The Morgan fingerprint density at radius 1 is 1.05 bits per heavy atom. The van der Waals surface area contributed by atoms with Crippen molar-refractivity contribution < 1.29 is 13.9 Å². The van der Waals surface area contributed by atoms with E-state index in [-0.39, 0.29) is 12.0 Å². The van der Waals surface area contributed by atoms with Crippen molar-refractivity contribution in [3.63, 3.8) is 0 Å². The molecule has 20 heavy (non-hydrogen) atoms. The van der Waals surface area contributed by atoms with Crippen molar-refractivity contribution in [2.24, 2.45) is 0 Å². The lowest BCUT2D eigenvalue weighted by Crippen LogP contribution is -2.30. The van der Waals surface area contributed by atoms with Crippen LogP contribution in [-0.4, -0.2) is 10.7 Å².